The van der Waals surface area contributed by atoms with Crippen molar-refractivity contribution in [2.45, 2.75) is 20.7 Å². The van der Waals surface area contributed by atoms with Gasteiger partial charge in [-0.1, -0.05) is 18.2 Å². The minimum absolute atomic E-state index is 0.398. The Bertz CT molecular complexity index is 615. The molecule has 0 aliphatic carbocycles. The van der Waals surface area contributed by atoms with Crippen LogP contribution in [0.25, 0.3) is 11.3 Å². The summed E-state index contributed by atoms with van der Waals surface area (Å²) < 4.78 is 25.1. The molecule has 0 aliphatic rings. The highest BCUT2D eigenvalue weighted by Gasteiger charge is 2.16. The third-order valence-electron chi connectivity index (χ3n) is 3.01. The maximum Gasteiger partial charge on any atom is 0.215 e. The molecule has 0 amide bonds. The summed E-state index contributed by atoms with van der Waals surface area (Å²) in [5.41, 5.74) is 4.26. The van der Waals surface area contributed by atoms with Crippen molar-refractivity contribution < 1.29 is 8.68 Å². The smallest absolute Gasteiger partial charge is 0.198 e. The zero-order valence-electron chi connectivity index (χ0n) is 12.9. The van der Waals surface area contributed by atoms with E-state index in [1.54, 1.807) is 6.07 Å². The zero-order valence-corrected chi connectivity index (χ0v) is 9.91. The molecular formula is C15H18N+. The standard InChI is InChI=1S/C15H18N/c1-11-7-5-6-8-14(11)15-12(2)9-10-13(3)16(15)4/h5-10H,1-4H3/q+1/i2D3. The van der Waals surface area contributed by atoms with E-state index in [0.717, 1.165) is 22.5 Å². The molecule has 0 fully saturated rings. The fourth-order valence-corrected chi connectivity index (χ4v) is 1.92. The van der Waals surface area contributed by atoms with E-state index >= 15 is 0 Å². The molecule has 1 nitrogen and oxygen atoms in total. The molecule has 1 aromatic heterocycles. The van der Waals surface area contributed by atoms with Crippen LogP contribution in [0.4, 0.5) is 0 Å². The van der Waals surface area contributed by atoms with Crippen molar-refractivity contribution in [3.05, 3.63) is 53.2 Å². The lowest BCUT2D eigenvalue weighted by Gasteiger charge is -2.08. The molecule has 2 rings (SSSR count). The normalized spacial score (nSPS) is 14.1. The first-order valence-electron chi connectivity index (χ1n) is 6.88. The number of pyridine rings is 1. The van der Waals surface area contributed by atoms with Gasteiger partial charge in [-0.15, -0.1) is 0 Å². The Morgan fingerprint density at radius 3 is 2.44 bits per heavy atom. The highest BCUT2D eigenvalue weighted by atomic mass is 14.9. The molecule has 0 aliphatic heterocycles. The monoisotopic (exact) mass is 215 g/mol. The van der Waals surface area contributed by atoms with Gasteiger partial charge in [0, 0.05) is 28.2 Å². The van der Waals surface area contributed by atoms with Gasteiger partial charge < -0.3 is 0 Å². The topological polar surface area (TPSA) is 3.88 Å². The molecule has 0 saturated heterocycles. The van der Waals surface area contributed by atoms with Gasteiger partial charge in [-0.25, -0.2) is 0 Å². The summed E-state index contributed by atoms with van der Waals surface area (Å²) >= 11 is 0. The Labute approximate surface area is 102 Å². The van der Waals surface area contributed by atoms with E-state index < -0.39 is 6.85 Å². The van der Waals surface area contributed by atoms with Crippen molar-refractivity contribution in [2.24, 2.45) is 7.05 Å². The molecule has 0 saturated carbocycles. The van der Waals surface area contributed by atoms with Crippen LogP contribution in [0.1, 0.15) is 20.9 Å². The van der Waals surface area contributed by atoms with Crippen LogP contribution in [-0.2, 0) is 7.05 Å². The largest absolute Gasteiger partial charge is 0.215 e. The molecule has 1 heteroatoms. The van der Waals surface area contributed by atoms with Crippen LogP contribution in [-0.4, -0.2) is 0 Å². The van der Waals surface area contributed by atoms with E-state index in [2.05, 4.69) is 0 Å². The fraction of sp³-hybridized carbons (Fsp3) is 0.267. The maximum absolute atomic E-state index is 7.72. The summed E-state index contributed by atoms with van der Waals surface area (Å²) in [4.78, 5) is 0. The molecular weight excluding hydrogens is 194 g/mol. The van der Waals surface area contributed by atoms with Crippen molar-refractivity contribution in [1.82, 2.24) is 0 Å². The molecule has 0 unspecified atom stereocenters. The Morgan fingerprint density at radius 2 is 1.75 bits per heavy atom. The first-order valence-corrected chi connectivity index (χ1v) is 5.38. The van der Waals surface area contributed by atoms with Crippen molar-refractivity contribution in [3.8, 4) is 11.3 Å². The van der Waals surface area contributed by atoms with Gasteiger partial charge in [0.05, 0.1) is 0 Å². The van der Waals surface area contributed by atoms with Crippen LogP contribution in [0, 0.1) is 20.7 Å². The first-order chi connectivity index (χ1) is 8.82. The minimum atomic E-state index is -2.11. The molecule has 0 N–H and O–H groups in total. The summed E-state index contributed by atoms with van der Waals surface area (Å²) in [5, 5.41) is 0. The van der Waals surface area contributed by atoms with Crippen molar-refractivity contribution >= 4 is 0 Å². The van der Waals surface area contributed by atoms with Gasteiger partial charge >= 0.3 is 0 Å². The van der Waals surface area contributed by atoms with Gasteiger partial charge in [-0.05, 0) is 31.5 Å². The average Bonchev–Trinajstić information content (AvgIpc) is 2.32. The summed E-state index contributed by atoms with van der Waals surface area (Å²) in [7, 11) is 1.91. The third-order valence-corrected chi connectivity index (χ3v) is 3.01. The van der Waals surface area contributed by atoms with E-state index in [9.17, 15) is 0 Å². The van der Waals surface area contributed by atoms with E-state index in [0.29, 0.717) is 5.56 Å². The molecule has 82 valence electrons. The van der Waals surface area contributed by atoms with Gasteiger partial charge in [0.1, 0.15) is 7.05 Å². The summed E-state index contributed by atoms with van der Waals surface area (Å²) in [6.45, 7) is 1.87. The Morgan fingerprint density at radius 1 is 1.00 bits per heavy atom. The highest BCUT2D eigenvalue weighted by molar-refractivity contribution is 5.63. The van der Waals surface area contributed by atoms with Gasteiger partial charge in [-0.2, -0.15) is 4.57 Å². The van der Waals surface area contributed by atoms with Crippen molar-refractivity contribution in [1.29, 1.82) is 0 Å². The highest BCUT2D eigenvalue weighted by Crippen LogP contribution is 2.23. The number of rotatable bonds is 1. The number of hydrogen-bond donors (Lipinski definition) is 0. The number of aromatic nitrogens is 1. The van der Waals surface area contributed by atoms with Gasteiger partial charge in [0.15, 0.2) is 5.69 Å². The summed E-state index contributed by atoms with van der Waals surface area (Å²) in [5.74, 6) is 0. The maximum atomic E-state index is 7.72. The van der Waals surface area contributed by atoms with Crippen molar-refractivity contribution in [3.63, 3.8) is 0 Å². The molecule has 0 atom stereocenters. The molecule has 2 aromatic rings. The second-order valence-corrected chi connectivity index (χ2v) is 4.11. The number of benzene rings is 1. The molecule has 0 bridgehead atoms. The zero-order chi connectivity index (χ0) is 14.2. The van der Waals surface area contributed by atoms with Crippen LogP contribution in [0.2, 0.25) is 0 Å². The van der Waals surface area contributed by atoms with Crippen molar-refractivity contribution in [2.75, 3.05) is 0 Å². The quantitative estimate of drug-likeness (QED) is 0.644. The first kappa shape index (κ1) is 7.61. The van der Waals surface area contributed by atoms with E-state index in [1.807, 2.05) is 55.8 Å². The molecule has 16 heavy (non-hydrogen) atoms. The number of nitrogens with zero attached hydrogens (tertiary/aromatic N) is 1. The van der Waals surface area contributed by atoms with E-state index in [-0.39, 0.29) is 0 Å². The van der Waals surface area contributed by atoms with Crippen LogP contribution in [0.15, 0.2) is 36.4 Å². The Hall–Kier alpha value is -1.63. The van der Waals surface area contributed by atoms with Crippen LogP contribution >= 0.6 is 0 Å². The second kappa shape index (κ2) is 4.09. The lowest BCUT2D eigenvalue weighted by Crippen LogP contribution is -2.35. The lowest BCUT2D eigenvalue weighted by molar-refractivity contribution is -0.667. The molecule has 1 aromatic carbocycles. The predicted molar refractivity (Wildman–Crippen MR) is 67.3 cm³/mol. The SMILES string of the molecule is [2H]C([2H])([2H])c1ccc(C)[n+](C)c1-c1ccccc1C. The minimum Gasteiger partial charge on any atom is -0.198 e. The lowest BCUT2D eigenvalue weighted by atomic mass is 10.0. The van der Waals surface area contributed by atoms with Gasteiger partial charge in [0.2, 0.25) is 5.69 Å². The van der Waals surface area contributed by atoms with Crippen LogP contribution in [0.5, 0.6) is 0 Å². The fourth-order valence-electron chi connectivity index (χ4n) is 1.92. The number of hydrogen-bond acceptors (Lipinski definition) is 0. The Balaban J connectivity index is 2.82. The van der Waals surface area contributed by atoms with E-state index in [4.69, 9.17) is 4.11 Å². The number of aryl methyl sites for hydroxylation is 3. The second-order valence-electron chi connectivity index (χ2n) is 4.11. The molecule has 0 spiro atoms. The van der Waals surface area contributed by atoms with Crippen LogP contribution in [0.3, 0.4) is 0 Å². The van der Waals surface area contributed by atoms with Gasteiger partial charge in [-0.3, -0.25) is 0 Å². The molecule has 0 radical (unpaired) electrons. The van der Waals surface area contributed by atoms with E-state index in [1.165, 1.54) is 0 Å². The molecule has 1 heterocycles. The van der Waals surface area contributed by atoms with Gasteiger partial charge in [0.25, 0.3) is 0 Å². The average molecular weight is 215 g/mol. The summed E-state index contributed by atoms with van der Waals surface area (Å²) in [6, 6.07) is 11.4. The Kier molecular flexibility index (Phi) is 1.95. The van der Waals surface area contributed by atoms with Crippen LogP contribution < -0.4 is 4.57 Å². The third kappa shape index (κ3) is 1.73. The predicted octanol–water partition coefficient (Wildman–Crippen LogP) is 3.10. The summed E-state index contributed by atoms with van der Waals surface area (Å²) in [6.07, 6.45) is 0.